The van der Waals surface area contributed by atoms with Crippen molar-refractivity contribution < 1.29 is 23.1 Å². The Balaban J connectivity index is 2.16. The predicted octanol–water partition coefficient (Wildman–Crippen LogP) is 5.56. The van der Waals surface area contributed by atoms with Crippen LogP contribution in [0.25, 0.3) is 21.0 Å². The molecule has 0 aliphatic heterocycles. The third kappa shape index (κ3) is 3.07. The van der Waals surface area contributed by atoms with E-state index in [-0.39, 0.29) is 15.4 Å². The minimum atomic E-state index is -4.49. The lowest BCUT2D eigenvalue weighted by Crippen LogP contribution is -2.03. The van der Waals surface area contributed by atoms with Crippen LogP contribution in [0, 0.1) is 6.92 Å². The minimum absolute atomic E-state index is 0.0354. The van der Waals surface area contributed by atoms with E-state index < -0.39 is 17.0 Å². The number of aromatic carboxylic acids is 1. The first-order chi connectivity index (χ1) is 11.3. The molecule has 3 rings (SSSR count). The van der Waals surface area contributed by atoms with Gasteiger partial charge in [0, 0.05) is 5.56 Å². The van der Waals surface area contributed by atoms with Gasteiger partial charge in [-0.05, 0) is 18.6 Å². The van der Waals surface area contributed by atoms with Gasteiger partial charge in [-0.3, -0.25) is 0 Å². The molecule has 8 heteroatoms. The largest absolute Gasteiger partial charge is 0.477 e. The first-order valence-corrected chi connectivity index (χ1v) is 8.38. The Morgan fingerprint density at radius 2 is 1.83 bits per heavy atom. The van der Waals surface area contributed by atoms with Gasteiger partial charge in [0.05, 0.1) is 10.6 Å². The molecule has 2 aromatic heterocycles. The fraction of sp³-hybridized carbons (Fsp3) is 0.125. The maximum absolute atomic E-state index is 13.4. The van der Waals surface area contributed by atoms with Gasteiger partial charge < -0.3 is 5.11 Å². The molecule has 0 atom stereocenters. The predicted molar refractivity (Wildman–Crippen MR) is 87.6 cm³/mol. The maximum atomic E-state index is 13.4. The van der Waals surface area contributed by atoms with Gasteiger partial charge in [-0.1, -0.05) is 30.3 Å². The van der Waals surface area contributed by atoms with E-state index in [1.165, 1.54) is 13.0 Å². The number of hydrogen-bond donors (Lipinski definition) is 1. The summed E-state index contributed by atoms with van der Waals surface area (Å²) < 4.78 is 40.1. The van der Waals surface area contributed by atoms with Crippen molar-refractivity contribution in [3.63, 3.8) is 0 Å². The fourth-order valence-electron chi connectivity index (χ4n) is 2.24. The number of thiophene rings is 1. The molecular formula is C16H10F3NO2S2. The number of hydrogen-bond acceptors (Lipinski definition) is 4. The van der Waals surface area contributed by atoms with E-state index in [0.29, 0.717) is 27.5 Å². The molecule has 3 nitrogen and oxygen atoms in total. The number of alkyl halides is 3. The van der Waals surface area contributed by atoms with Crippen LogP contribution in [0.1, 0.15) is 20.2 Å². The zero-order valence-corrected chi connectivity index (χ0v) is 13.9. The molecular weight excluding hydrogens is 359 g/mol. The van der Waals surface area contributed by atoms with Gasteiger partial charge in [-0.25, -0.2) is 9.78 Å². The molecule has 24 heavy (non-hydrogen) atoms. The molecule has 1 N–H and O–H groups in total. The second kappa shape index (κ2) is 6.03. The van der Waals surface area contributed by atoms with Crippen LogP contribution in [0.15, 0.2) is 36.4 Å². The highest BCUT2D eigenvalue weighted by Crippen LogP contribution is 2.46. The highest BCUT2D eigenvalue weighted by Gasteiger charge is 2.37. The maximum Gasteiger partial charge on any atom is 0.426 e. The van der Waals surface area contributed by atoms with Crippen LogP contribution < -0.4 is 0 Å². The highest BCUT2D eigenvalue weighted by molar-refractivity contribution is 7.23. The number of carboxylic acid groups (broad SMARTS) is 1. The molecule has 0 fully saturated rings. The van der Waals surface area contributed by atoms with Crippen molar-refractivity contribution in [3.8, 4) is 21.0 Å². The number of benzene rings is 1. The van der Waals surface area contributed by atoms with E-state index in [2.05, 4.69) is 4.98 Å². The summed E-state index contributed by atoms with van der Waals surface area (Å²) in [6.45, 7) is 1.53. The molecule has 1 aromatic carbocycles. The van der Waals surface area contributed by atoms with Crippen LogP contribution in [0.4, 0.5) is 13.2 Å². The van der Waals surface area contributed by atoms with Crippen LogP contribution in [0.3, 0.4) is 0 Å². The van der Waals surface area contributed by atoms with Crippen LogP contribution in [0.2, 0.25) is 0 Å². The third-order valence-corrected chi connectivity index (χ3v) is 5.77. The molecule has 0 aliphatic rings. The summed E-state index contributed by atoms with van der Waals surface area (Å²) in [4.78, 5) is 14.9. The number of aryl methyl sites for hydroxylation is 1. The van der Waals surface area contributed by atoms with E-state index in [1.54, 1.807) is 30.3 Å². The quantitative estimate of drug-likeness (QED) is 0.657. The molecule has 2 heterocycles. The van der Waals surface area contributed by atoms with Gasteiger partial charge in [-0.15, -0.1) is 22.7 Å². The Hall–Kier alpha value is -2.19. The van der Waals surface area contributed by atoms with E-state index in [4.69, 9.17) is 5.11 Å². The summed E-state index contributed by atoms with van der Waals surface area (Å²) in [6.07, 6.45) is -4.49. The van der Waals surface area contributed by atoms with Crippen molar-refractivity contribution in [3.05, 3.63) is 51.8 Å². The minimum Gasteiger partial charge on any atom is -0.477 e. The van der Waals surface area contributed by atoms with Gasteiger partial charge in [-0.2, -0.15) is 13.2 Å². The highest BCUT2D eigenvalue weighted by atomic mass is 32.1. The van der Waals surface area contributed by atoms with E-state index in [1.807, 2.05) is 0 Å². The van der Waals surface area contributed by atoms with Crippen molar-refractivity contribution >= 4 is 28.6 Å². The van der Waals surface area contributed by atoms with Crippen molar-refractivity contribution in [2.24, 2.45) is 0 Å². The standard InChI is InChI=1S/C16H10F3NO2S2/c1-8-12(15(21)22)24-14(20-8)11-7-10(9-5-3-2-4-6-9)13(23-11)16(17,18)19/h2-7H,1H3,(H,21,22). The molecule has 0 spiro atoms. The van der Waals surface area contributed by atoms with Crippen molar-refractivity contribution in [1.29, 1.82) is 0 Å². The molecule has 0 radical (unpaired) electrons. The summed E-state index contributed by atoms with van der Waals surface area (Å²) >= 11 is 1.46. The molecule has 0 saturated heterocycles. The number of nitrogens with zero attached hydrogens (tertiary/aromatic N) is 1. The van der Waals surface area contributed by atoms with Crippen LogP contribution in [-0.4, -0.2) is 16.1 Å². The summed E-state index contributed by atoms with van der Waals surface area (Å²) in [5, 5.41) is 9.37. The van der Waals surface area contributed by atoms with E-state index in [9.17, 15) is 18.0 Å². The molecule has 124 valence electrons. The Morgan fingerprint density at radius 1 is 1.17 bits per heavy atom. The van der Waals surface area contributed by atoms with Crippen LogP contribution in [0.5, 0.6) is 0 Å². The smallest absolute Gasteiger partial charge is 0.426 e. The lowest BCUT2D eigenvalue weighted by molar-refractivity contribution is -0.133. The van der Waals surface area contributed by atoms with Gasteiger partial charge in [0.2, 0.25) is 0 Å². The van der Waals surface area contributed by atoms with Gasteiger partial charge in [0.25, 0.3) is 0 Å². The molecule has 3 aromatic rings. The first-order valence-electron chi connectivity index (χ1n) is 6.75. The first kappa shape index (κ1) is 16.7. The summed E-state index contributed by atoms with van der Waals surface area (Å²) in [5.74, 6) is -1.13. The number of carbonyl (C=O) groups is 1. The molecule has 0 bridgehead atoms. The van der Waals surface area contributed by atoms with Gasteiger partial charge in [0.1, 0.15) is 14.8 Å². The second-order valence-electron chi connectivity index (χ2n) is 4.96. The van der Waals surface area contributed by atoms with Crippen molar-refractivity contribution in [1.82, 2.24) is 4.98 Å². The number of halogens is 3. The summed E-state index contributed by atoms with van der Waals surface area (Å²) in [6, 6.07) is 9.71. The molecule has 0 aliphatic carbocycles. The lowest BCUT2D eigenvalue weighted by Gasteiger charge is -2.07. The van der Waals surface area contributed by atoms with Crippen molar-refractivity contribution in [2.45, 2.75) is 13.1 Å². The number of aromatic nitrogens is 1. The fourth-order valence-corrected chi connectivity index (χ4v) is 4.24. The SMILES string of the molecule is Cc1nc(-c2cc(-c3ccccc3)c(C(F)(F)F)s2)sc1C(=O)O. The Morgan fingerprint density at radius 3 is 2.38 bits per heavy atom. The zero-order valence-electron chi connectivity index (χ0n) is 12.2. The van der Waals surface area contributed by atoms with Crippen molar-refractivity contribution in [2.75, 3.05) is 0 Å². The normalized spacial score (nSPS) is 11.7. The van der Waals surface area contributed by atoms with Crippen LogP contribution >= 0.6 is 22.7 Å². The van der Waals surface area contributed by atoms with Gasteiger partial charge in [0.15, 0.2) is 0 Å². The average molecular weight is 369 g/mol. The van der Waals surface area contributed by atoms with Crippen LogP contribution in [-0.2, 0) is 6.18 Å². The number of rotatable bonds is 3. The Kier molecular flexibility index (Phi) is 4.18. The molecule has 0 amide bonds. The monoisotopic (exact) mass is 369 g/mol. The zero-order chi connectivity index (χ0) is 17.5. The van der Waals surface area contributed by atoms with E-state index >= 15 is 0 Å². The average Bonchev–Trinajstić information content (AvgIpc) is 3.11. The van der Waals surface area contributed by atoms with E-state index in [0.717, 1.165) is 11.3 Å². The topological polar surface area (TPSA) is 50.2 Å². The Labute approximate surface area is 143 Å². The molecule has 0 saturated carbocycles. The summed E-state index contributed by atoms with van der Waals surface area (Å²) in [5.41, 5.74) is 0.831. The second-order valence-corrected chi connectivity index (χ2v) is 7.01. The van der Waals surface area contributed by atoms with Gasteiger partial charge >= 0.3 is 12.1 Å². The molecule has 0 unspecified atom stereocenters. The Bertz CT molecular complexity index is 898. The number of carboxylic acids is 1. The summed E-state index contributed by atoms with van der Waals surface area (Å²) in [7, 11) is 0. The third-order valence-electron chi connectivity index (χ3n) is 3.28. The lowest BCUT2D eigenvalue weighted by atomic mass is 10.1. The number of thiazole rings is 1.